The molecule has 0 aliphatic heterocycles. The zero-order valence-electron chi connectivity index (χ0n) is 4.06. The minimum Gasteiger partial charge on any atom is -0.294 e. The van der Waals surface area contributed by atoms with Gasteiger partial charge in [0.15, 0.2) is 0 Å². The predicted molar refractivity (Wildman–Crippen MR) is 33.8 cm³/mol. The molecular formula is C3H6ClNO2S. The van der Waals surface area contributed by atoms with Crippen LogP contribution in [0.4, 0.5) is 0 Å². The van der Waals surface area contributed by atoms with E-state index in [1.165, 1.54) is 0 Å². The summed E-state index contributed by atoms with van der Waals surface area (Å²) >= 11 is 3.24. The molecule has 0 aliphatic rings. The molecule has 0 heterocycles. The van der Waals surface area contributed by atoms with Crippen LogP contribution in [0.2, 0.25) is 0 Å². The van der Waals surface area contributed by atoms with Gasteiger partial charge in [-0.2, -0.15) is 0 Å². The van der Waals surface area contributed by atoms with Gasteiger partial charge in [-0.3, -0.25) is 4.55 Å². The number of halogens is 1. The average Bonchev–Trinajstić information content (AvgIpc) is 1.61. The molecule has 0 radical (unpaired) electrons. The highest BCUT2D eigenvalue weighted by molar-refractivity contribution is 7.77. The minimum absolute atomic E-state index is 0.157. The first-order chi connectivity index (χ1) is 3.63. The van der Waals surface area contributed by atoms with Gasteiger partial charge in [-0.05, 0) is 0 Å². The van der Waals surface area contributed by atoms with Crippen molar-refractivity contribution in [2.45, 2.75) is 0 Å². The molecule has 0 rings (SSSR count). The van der Waals surface area contributed by atoms with Crippen molar-refractivity contribution in [3.8, 4) is 0 Å². The van der Waals surface area contributed by atoms with Gasteiger partial charge >= 0.3 is 0 Å². The predicted octanol–water partition coefficient (Wildman–Crippen LogP) is 0.465. The van der Waals surface area contributed by atoms with E-state index in [2.05, 4.69) is 11.3 Å². The van der Waals surface area contributed by atoms with Crippen LogP contribution in [0.3, 0.4) is 0 Å². The van der Waals surface area contributed by atoms with Crippen LogP contribution in [0.15, 0.2) is 11.6 Å². The van der Waals surface area contributed by atoms with Gasteiger partial charge in [0.05, 0.1) is 0 Å². The summed E-state index contributed by atoms with van der Waals surface area (Å²) in [6.07, 6.45) is 0. The molecule has 8 heavy (non-hydrogen) atoms. The van der Waals surface area contributed by atoms with E-state index >= 15 is 0 Å². The van der Waals surface area contributed by atoms with Crippen molar-refractivity contribution in [1.82, 2.24) is 4.72 Å². The van der Waals surface area contributed by atoms with Gasteiger partial charge in [-0.25, -0.2) is 8.93 Å². The summed E-state index contributed by atoms with van der Waals surface area (Å²) in [7, 11) is 0. The van der Waals surface area contributed by atoms with Gasteiger partial charge < -0.3 is 0 Å². The van der Waals surface area contributed by atoms with Gasteiger partial charge in [-0.15, -0.1) is 0 Å². The highest BCUT2D eigenvalue weighted by atomic mass is 35.5. The summed E-state index contributed by atoms with van der Waals surface area (Å²) in [5.41, 5.74) is 0. The monoisotopic (exact) mass is 155 g/mol. The van der Waals surface area contributed by atoms with Crippen molar-refractivity contribution >= 4 is 22.9 Å². The molecule has 5 heteroatoms. The molecule has 1 atom stereocenters. The maximum Gasteiger partial charge on any atom is 0.232 e. The van der Waals surface area contributed by atoms with Crippen LogP contribution in [-0.4, -0.2) is 15.3 Å². The molecule has 0 saturated heterocycles. The number of nitrogens with one attached hydrogen (secondary N) is 1. The van der Waals surface area contributed by atoms with Crippen LogP contribution in [0.5, 0.6) is 0 Å². The standard InChI is InChI=1S/C3H6ClNO2S/c1-3(4)2-5-8(6)7/h5H,1-2H2,(H,6,7). The summed E-state index contributed by atoms with van der Waals surface area (Å²) in [4.78, 5) is 0. The van der Waals surface area contributed by atoms with Gasteiger partial charge in [0, 0.05) is 11.6 Å². The van der Waals surface area contributed by atoms with Gasteiger partial charge in [-0.1, -0.05) is 18.2 Å². The first kappa shape index (κ1) is 8.10. The van der Waals surface area contributed by atoms with Crippen molar-refractivity contribution in [3.63, 3.8) is 0 Å². The Balaban J connectivity index is 3.18. The highest BCUT2D eigenvalue weighted by Gasteiger charge is 1.89. The first-order valence-corrected chi connectivity index (χ1v) is 3.29. The Morgan fingerprint density at radius 3 is 2.62 bits per heavy atom. The van der Waals surface area contributed by atoms with Crippen LogP contribution in [0.25, 0.3) is 0 Å². The van der Waals surface area contributed by atoms with Gasteiger partial charge in [0.1, 0.15) is 0 Å². The lowest BCUT2D eigenvalue weighted by Gasteiger charge is -1.92. The molecule has 0 aliphatic carbocycles. The van der Waals surface area contributed by atoms with Crippen molar-refractivity contribution in [1.29, 1.82) is 0 Å². The maximum absolute atomic E-state index is 9.80. The summed E-state index contributed by atoms with van der Waals surface area (Å²) in [5.74, 6) is 0. The maximum atomic E-state index is 9.80. The molecule has 0 bridgehead atoms. The molecule has 3 nitrogen and oxygen atoms in total. The van der Waals surface area contributed by atoms with E-state index in [4.69, 9.17) is 16.2 Å². The van der Waals surface area contributed by atoms with Crippen molar-refractivity contribution in [2.75, 3.05) is 6.54 Å². The number of rotatable bonds is 3. The number of hydrogen-bond acceptors (Lipinski definition) is 1. The second-order valence-corrected chi connectivity index (χ2v) is 2.41. The zero-order valence-corrected chi connectivity index (χ0v) is 5.63. The Morgan fingerprint density at radius 1 is 2.00 bits per heavy atom. The lowest BCUT2D eigenvalue weighted by Crippen LogP contribution is -2.16. The summed E-state index contributed by atoms with van der Waals surface area (Å²) in [6.45, 7) is 3.44. The van der Waals surface area contributed by atoms with Crippen LogP contribution in [-0.2, 0) is 11.3 Å². The van der Waals surface area contributed by atoms with Crippen molar-refractivity contribution in [2.24, 2.45) is 0 Å². The van der Waals surface area contributed by atoms with E-state index in [-0.39, 0.29) is 6.54 Å². The minimum atomic E-state index is -1.98. The molecule has 0 spiro atoms. The van der Waals surface area contributed by atoms with Gasteiger partial charge in [0.25, 0.3) is 0 Å². The van der Waals surface area contributed by atoms with Crippen molar-refractivity contribution in [3.05, 3.63) is 11.6 Å². The lowest BCUT2D eigenvalue weighted by molar-refractivity contribution is 0.553. The third-order valence-corrected chi connectivity index (χ3v) is 0.912. The van der Waals surface area contributed by atoms with E-state index in [0.29, 0.717) is 5.03 Å². The fourth-order valence-electron chi connectivity index (χ4n) is 0.140. The average molecular weight is 156 g/mol. The van der Waals surface area contributed by atoms with E-state index in [9.17, 15) is 4.21 Å². The lowest BCUT2D eigenvalue weighted by atomic mass is 10.7. The third-order valence-electron chi connectivity index (χ3n) is 0.387. The Labute approximate surface area is 55.1 Å². The molecule has 48 valence electrons. The second kappa shape index (κ2) is 4.03. The molecule has 0 amide bonds. The Hall–Kier alpha value is 0.1000. The normalized spacial score (nSPS) is 13.2. The largest absolute Gasteiger partial charge is 0.294 e. The summed E-state index contributed by atoms with van der Waals surface area (Å²) in [6, 6.07) is 0. The Morgan fingerprint density at radius 2 is 2.50 bits per heavy atom. The molecular weight excluding hydrogens is 150 g/mol. The quantitative estimate of drug-likeness (QED) is 0.582. The van der Waals surface area contributed by atoms with Gasteiger partial charge in [0.2, 0.25) is 11.3 Å². The molecule has 0 fully saturated rings. The molecule has 1 unspecified atom stereocenters. The second-order valence-electron chi connectivity index (χ2n) is 1.09. The molecule has 2 N–H and O–H groups in total. The van der Waals surface area contributed by atoms with Crippen LogP contribution in [0, 0.1) is 0 Å². The fourth-order valence-corrected chi connectivity index (χ4v) is 0.584. The summed E-state index contributed by atoms with van der Waals surface area (Å²) < 4.78 is 20.0. The topological polar surface area (TPSA) is 49.3 Å². The smallest absolute Gasteiger partial charge is 0.232 e. The van der Waals surface area contributed by atoms with Crippen LogP contribution >= 0.6 is 11.6 Å². The highest BCUT2D eigenvalue weighted by Crippen LogP contribution is 1.91. The van der Waals surface area contributed by atoms with E-state index in [1.54, 1.807) is 0 Å². The summed E-state index contributed by atoms with van der Waals surface area (Å²) in [5, 5.41) is 0.312. The number of hydrogen-bond donors (Lipinski definition) is 2. The zero-order chi connectivity index (χ0) is 6.57. The van der Waals surface area contributed by atoms with E-state index in [0.717, 1.165) is 0 Å². The SMILES string of the molecule is C=C(Cl)CNS(=O)O. The molecule has 0 aromatic carbocycles. The fraction of sp³-hybridized carbons (Fsp3) is 0.333. The Bertz CT molecular complexity index is 102. The third kappa shape index (κ3) is 6.10. The van der Waals surface area contributed by atoms with E-state index < -0.39 is 11.3 Å². The van der Waals surface area contributed by atoms with Crippen LogP contribution in [0.1, 0.15) is 0 Å². The first-order valence-electron chi connectivity index (χ1n) is 1.80. The molecule has 0 aromatic heterocycles. The molecule has 0 aromatic rings. The van der Waals surface area contributed by atoms with E-state index in [1.807, 2.05) is 0 Å². The van der Waals surface area contributed by atoms with Crippen molar-refractivity contribution < 1.29 is 8.76 Å². The van der Waals surface area contributed by atoms with Crippen LogP contribution < -0.4 is 4.72 Å². The molecule has 0 saturated carbocycles. The Kier molecular flexibility index (Phi) is 4.08.